The minimum Gasteiger partial charge on any atom is -0.464 e. The monoisotopic (exact) mass is 172 g/mol. The number of hydrogen-bond acceptors (Lipinski definition) is 2. The van der Waals surface area contributed by atoms with Crippen LogP contribution in [0.4, 0.5) is 4.79 Å². The summed E-state index contributed by atoms with van der Waals surface area (Å²) in [5.74, 6) is 0.575. The van der Waals surface area contributed by atoms with E-state index in [2.05, 4.69) is 17.8 Å². The number of carbonyl (C=O) groups is 1. The molecule has 0 aliphatic heterocycles. The minimum atomic E-state index is -1.01. The lowest BCUT2D eigenvalue weighted by atomic mass is 9.86. The molecule has 1 aliphatic carbocycles. The van der Waals surface area contributed by atoms with E-state index in [0.717, 1.165) is 6.42 Å². The first-order chi connectivity index (χ1) is 5.70. The number of nitrogens with one attached hydrogen (secondary N) is 2. The van der Waals surface area contributed by atoms with Gasteiger partial charge in [-0.1, -0.05) is 19.8 Å². The molecule has 0 heterocycles. The molecular formula is C8H16N2O2. The van der Waals surface area contributed by atoms with Gasteiger partial charge in [0.2, 0.25) is 0 Å². The van der Waals surface area contributed by atoms with Gasteiger partial charge in [0.05, 0.1) is 0 Å². The first-order valence-corrected chi connectivity index (χ1v) is 4.44. The quantitative estimate of drug-likeness (QED) is 0.551. The Hall–Kier alpha value is -0.770. The molecule has 0 aromatic carbocycles. The van der Waals surface area contributed by atoms with E-state index in [-0.39, 0.29) is 0 Å². The van der Waals surface area contributed by atoms with E-state index in [4.69, 9.17) is 5.11 Å². The predicted octanol–water partition coefficient (Wildman–Crippen LogP) is 1.34. The van der Waals surface area contributed by atoms with Gasteiger partial charge in [0.1, 0.15) is 0 Å². The fraction of sp³-hybridized carbons (Fsp3) is 0.875. The summed E-state index contributed by atoms with van der Waals surface area (Å²) in [6.45, 7) is 2.15. The maximum absolute atomic E-state index is 10.2. The first-order valence-electron chi connectivity index (χ1n) is 4.44. The van der Waals surface area contributed by atoms with Gasteiger partial charge in [-0.2, -0.15) is 0 Å². The lowest BCUT2D eigenvalue weighted by molar-refractivity contribution is 0.177. The molecule has 0 aromatic rings. The molecule has 1 amide bonds. The van der Waals surface area contributed by atoms with Crippen LogP contribution in [0.15, 0.2) is 0 Å². The van der Waals surface area contributed by atoms with Crippen LogP contribution in [-0.4, -0.2) is 17.2 Å². The average Bonchev–Trinajstić information content (AvgIpc) is 2.03. The third-order valence-corrected chi connectivity index (χ3v) is 2.48. The lowest BCUT2D eigenvalue weighted by Gasteiger charge is -2.28. The van der Waals surface area contributed by atoms with E-state index in [1.165, 1.54) is 19.3 Å². The Balaban J connectivity index is 2.24. The van der Waals surface area contributed by atoms with Gasteiger partial charge in [0, 0.05) is 6.04 Å². The van der Waals surface area contributed by atoms with Crippen molar-refractivity contribution in [2.24, 2.45) is 5.92 Å². The van der Waals surface area contributed by atoms with Crippen LogP contribution in [0, 0.1) is 5.92 Å². The summed E-state index contributed by atoms with van der Waals surface area (Å²) in [5, 5.41) is 8.36. The molecule has 12 heavy (non-hydrogen) atoms. The zero-order valence-electron chi connectivity index (χ0n) is 7.34. The van der Waals surface area contributed by atoms with Gasteiger partial charge in [-0.15, -0.1) is 0 Å². The second-order valence-corrected chi connectivity index (χ2v) is 3.44. The lowest BCUT2D eigenvalue weighted by Crippen LogP contribution is -2.47. The van der Waals surface area contributed by atoms with Crippen LogP contribution in [0.1, 0.15) is 32.6 Å². The Morgan fingerprint density at radius 1 is 1.42 bits per heavy atom. The van der Waals surface area contributed by atoms with Gasteiger partial charge < -0.3 is 5.11 Å². The smallest absolute Gasteiger partial charge is 0.419 e. The van der Waals surface area contributed by atoms with Crippen molar-refractivity contribution < 1.29 is 9.90 Å². The molecule has 2 atom stereocenters. The highest BCUT2D eigenvalue weighted by Gasteiger charge is 2.20. The van der Waals surface area contributed by atoms with Gasteiger partial charge >= 0.3 is 6.09 Å². The predicted molar refractivity (Wildman–Crippen MR) is 45.7 cm³/mol. The van der Waals surface area contributed by atoms with Crippen molar-refractivity contribution in [3.8, 4) is 0 Å². The normalized spacial score (nSPS) is 29.8. The fourth-order valence-corrected chi connectivity index (χ4v) is 1.69. The van der Waals surface area contributed by atoms with E-state index in [1.54, 1.807) is 0 Å². The number of hydrazine groups is 1. The van der Waals surface area contributed by atoms with Crippen LogP contribution in [0.25, 0.3) is 0 Å². The molecule has 0 bridgehead atoms. The molecule has 0 spiro atoms. The zero-order valence-corrected chi connectivity index (χ0v) is 7.34. The third kappa shape index (κ3) is 2.70. The highest BCUT2D eigenvalue weighted by atomic mass is 16.4. The molecule has 0 aromatic heterocycles. The van der Waals surface area contributed by atoms with Gasteiger partial charge in [-0.25, -0.2) is 10.2 Å². The molecular weight excluding hydrogens is 156 g/mol. The number of amides is 1. The molecule has 4 heteroatoms. The molecule has 3 N–H and O–H groups in total. The molecule has 2 unspecified atom stereocenters. The molecule has 0 radical (unpaired) electrons. The van der Waals surface area contributed by atoms with Crippen molar-refractivity contribution in [1.29, 1.82) is 0 Å². The minimum absolute atomic E-state index is 0.315. The summed E-state index contributed by atoms with van der Waals surface area (Å²) in [6, 6.07) is 0.315. The number of hydrogen-bond donors (Lipinski definition) is 3. The molecule has 0 saturated heterocycles. The second-order valence-electron chi connectivity index (χ2n) is 3.44. The molecule has 1 aliphatic rings. The Morgan fingerprint density at radius 3 is 2.67 bits per heavy atom. The van der Waals surface area contributed by atoms with E-state index in [9.17, 15) is 4.79 Å². The highest BCUT2D eigenvalue weighted by Crippen LogP contribution is 2.22. The average molecular weight is 172 g/mol. The molecule has 1 fully saturated rings. The zero-order chi connectivity index (χ0) is 8.97. The number of carboxylic acid groups (broad SMARTS) is 1. The number of rotatable bonds is 2. The van der Waals surface area contributed by atoms with E-state index >= 15 is 0 Å². The van der Waals surface area contributed by atoms with Crippen LogP contribution in [-0.2, 0) is 0 Å². The molecule has 1 saturated carbocycles. The van der Waals surface area contributed by atoms with E-state index in [1.807, 2.05) is 0 Å². The van der Waals surface area contributed by atoms with Gasteiger partial charge in [0.15, 0.2) is 0 Å². The van der Waals surface area contributed by atoms with Crippen molar-refractivity contribution in [3.05, 3.63) is 0 Å². The van der Waals surface area contributed by atoms with Crippen LogP contribution >= 0.6 is 0 Å². The Kier molecular flexibility index (Phi) is 3.34. The van der Waals surface area contributed by atoms with Crippen LogP contribution in [0.5, 0.6) is 0 Å². The summed E-state index contributed by atoms with van der Waals surface area (Å²) in [5.41, 5.74) is 5.03. The third-order valence-electron chi connectivity index (χ3n) is 2.48. The Bertz CT molecular complexity index is 161. The van der Waals surface area contributed by atoms with Crippen molar-refractivity contribution in [1.82, 2.24) is 10.9 Å². The van der Waals surface area contributed by atoms with Crippen LogP contribution in [0.3, 0.4) is 0 Å². The van der Waals surface area contributed by atoms with Gasteiger partial charge in [-0.05, 0) is 18.8 Å². The van der Waals surface area contributed by atoms with Crippen molar-refractivity contribution >= 4 is 6.09 Å². The largest absolute Gasteiger partial charge is 0.464 e. The SMILES string of the molecule is CC1CCCCC1NNC(=O)O. The van der Waals surface area contributed by atoms with Gasteiger partial charge in [0.25, 0.3) is 0 Å². The fourth-order valence-electron chi connectivity index (χ4n) is 1.69. The topological polar surface area (TPSA) is 61.4 Å². The maximum atomic E-state index is 10.2. The molecule has 4 nitrogen and oxygen atoms in total. The summed E-state index contributed by atoms with van der Waals surface area (Å²) in [4.78, 5) is 10.2. The summed E-state index contributed by atoms with van der Waals surface area (Å²) < 4.78 is 0. The second kappa shape index (κ2) is 4.30. The van der Waals surface area contributed by atoms with E-state index < -0.39 is 6.09 Å². The van der Waals surface area contributed by atoms with Crippen molar-refractivity contribution in [3.63, 3.8) is 0 Å². The molecule has 70 valence electrons. The van der Waals surface area contributed by atoms with Gasteiger partial charge in [-0.3, -0.25) is 5.43 Å². The Morgan fingerprint density at radius 2 is 2.08 bits per heavy atom. The summed E-state index contributed by atoms with van der Waals surface area (Å²) >= 11 is 0. The maximum Gasteiger partial charge on any atom is 0.419 e. The highest BCUT2D eigenvalue weighted by molar-refractivity contribution is 5.63. The summed E-state index contributed by atoms with van der Waals surface area (Å²) in [7, 11) is 0. The van der Waals surface area contributed by atoms with Crippen molar-refractivity contribution in [2.75, 3.05) is 0 Å². The van der Waals surface area contributed by atoms with E-state index in [0.29, 0.717) is 12.0 Å². The summed E-state index contributed by atoms with van der Waals surface area (Å²) in [6.07, 6.45) is 3.73. The van der Waals surface area contributed by atoms with Crippen LogP contribution < -0.4 is 10.9 Å². The van der Waals surface area contributed by atoms with Crippen LogP contribution in [0.2, 0.25) is 0 Å². The molecule has 1 rings (SSSR count). The Labute approximate surface area is 72.3 Å². The first kappa shape index (κ1) is 9.32. The standard InChI is InChI=1S/C8H16N2O2/c1-6-4-2-3-5-7(6)9-10-8(11)12/h6-7,9-10H,2-5H2,1H3,(H,11,12). The van der Waals surface area contributed by atoms with Crippen molar-refractivity contribution in [2.45, 2.75) is 38.6 Å².